The van der Waals surface area contributed by atoms with Crippen LogP contribution in [0, 0.1) is 17.8 Å². The topological polar surface area (TPSA) is 120 Å². The highest BCUT2D eigenvalue weighted by atomic mass is 16.6. The number of ether oxygens (including phenoxy) is 3. The number of amides is 2. The molecule has 1 unspecified atom stereocenters. The SMILES string of the molecule is COc1ccc2nc3c(nc2c1)O[C@H]1CN(C(=O)[C@H](C2CCCCC2)NC(=O)O[C@]2(C)CCCC2CCCCC3)[C@H](C(C)=O)[C@@H]1C. The molecule has 2 bridgehead atoms. The maximum atomic E-state index is 14.5. The number of ketones is 1. The number of methoxy groups -OCH3 is 1. The number of hydrogen-bond acceptors (Lipinski definition) is 8. The zero-order valence-corrected chi connectivity index (χ0v) is 27.9. The number of carbonyl (C=O) groups excluding carboxylic acids is 3. The fourth-order valence-electron chi connectivity index (χ4n) is 8.55. The van der Waals surface area contributed by atoms with Gasteiger partial charge in [-0.1, -0.05) is 39.0 Å². The van der Waals surface area contributed by atoms with Gasteiger partial charge in [0.05, 0.1) is 30.7 Å². The fourth-order valence-corrected chi connectivity index (χ4v) is 8.55. The van der Waals surface area contributed by atoms with Crippen LogP contribution in [0.25, 0.3) is 11.0 Å². The molecule has 1 N–H and O–H groups in total. The first-order valence-corrected chi connectivity index (χ1v) is 17.5. The third-order valence-corrected chi connectivity index (χ3v) is 11.2. The fraction of sp³-hybridized carbons (Fsp3) is 0.694. The molecule has 10 heteroatoms. The van der Waals surface area contributed by atoms with Gasteiger partial charge in [-0.2, -0.15) is 0 Å². The van der Waals surface area contributed by atoms with E-state index in [1.54, 1.807) is 12.0 Å². The van der Waals surface area contributed by atoms with Gasteiger partial charge in [0.1, 0.15) is 29.2 Å². The van der Waals surface area contributed by atoms with Crippen LogP contribution in [0.5, 0.6) is 11.6 Å². The van der Waals surface area contributed by atoms with Crippen molar-refractivity contribution in [2.45, 2.75) is 128 Å². The lowest BCUT2D eigenvalue weighted by Gasteiger charge is -2.36. The van der Waals surface area contributed by atoms with E-state index in [1.807, 2.05) is 25.1 Å². The summed E-state index contributed by atoms with van der Waals surface area (Å²) in [6, 6.07) is 4.22. The zero-order chi connectivity index (χ0) is 32.4. The van der Waals surface area contributed by atoms with Gasteiger partial charge in [0.25, 0.3) is 0 Å². The number of hydrogen-bond donors (Lipinski definition) is 1. The average molecular weight is 635 g/mol. The second-order valence-electron chi connectivity index (χ2n) is 14.3. The minimum Gasteiger partial charge on any atom is -0.497 e. The van der Waals surface area contributed by atoms with Crippen molar-refractivity contribution in [2.75, 3.05) is 13.7 Å². The molecule has 2 saturated carbocycles. The summed E-state index contributed by atoms with van der Waals surface area (Å²) in [5.41, 5.74) is 1.67. The van der Waals surface area contributed by atoms with Crippen LogP contribution in [-0.2, 0) is 20.7 Å². The van der Waals surface area contributed by atoms with Crippen LogP contribution in [0.3, 0.4) is 0 Å². The molecule has 0 radical (unpaired) electrons. The van der Waals surface area contributed by atoms with Crippen LogP contribution in [0.15, 0.2) is 18.2 Å². The molecule has 3 heterocycles. The molecule has 2 aliphatic carbocycles. The molecule has 250 valence electrons. The number of aryl methyl sites for hydroxylation is 1. The number of carbonyl (C=O) groups is 3. The lowest BCUT2D eigenvalue weighted by molar-refractivity contribution is -0.140. The molecule has 46 heavy (non-hydrogen) atoms. The monoisotopic (exact) mass is 634 g/mol. The molecular formula is C36H50N4O6. The van der Waals surface area contributed by atoms with Crippen molar-refractivity contribution in [1.29, 1.82) is 0 Å². The molecule has 2 aliphatic heterocycles. The Morgan fingerprint density at radius 3 is 2.50 bits per heavy atom. The van der Waals surface area contributed by atoms with Crippen LogP contribution in [0.1, 0.15) is 104 Å². The van der Waals surface area contributed by atoms with Crippen molar-refractivity contribution in [2.24, 2.45) is 17.8 Å². The molecule has 10 nitrogen and oxygen atoms in total. The van der Waals surface area contributed by atoms with Crippen molar-refractivity contribution in [3.05, 3.63) is 23.9 Å². The first kappa shape index (κ1) is 32.5. The van der Waals surface area contributed by atoms with Crippen LogP contribution in [0.4, 0.5) is 4.79 Å². The second kappa shape index (κ2) is 13.7. The van der Waals surface area contributed by atoms with Crippen LogP contribution in [0.2, 0.25) is 0 Å². The molecule has 6 rings (SSSR count). The standard InChI is InChI=1S/C36H50N4O6/c1-22-30-21-40(32(22)23(2)41)34(42)31(24-12-7-5-8-13-24)39-35(43)46-36(3)19-11-15-25(36)14-9-6-10-16-28-33(45-30)38-29-20-26(44-4)17-18-27(29)37-28/h17-18,20,22,24-25,30-32H,5-16,19,21H2,1-4H3,(H,39,43)/t22-,25?,30+,31+,32+,36-/m1/s1. The van der Waals surface area contributed by atoms with Gasteiger partial charge in [0, 0.05) is 12.0 Å². The summed E-state index contributed by atoms with van der Waals surface area (Å²) >= 11 is 0. The minimum atomic E-state index is -0.758. The van der Waals surface area contributed by atoms with Gasteiger partial charge in [-0.05, 0) is 89.2 Å². The van der Waals surface area contributed by atoms with Crippen molar-refractivity contribution < 1.29 is 28.6 Å². The van der Waals surface area contributed by atoms with E-state index < -0.39 is 29.9 Å². The summed E-state index contributed by atoms with van der Waals surface area (Å²) in [5.74, 6) is 0.785. The highest BCUT2D eigenvalue weighted by Crippen LogP contribution is 2.42. The van der Waals surface area contributed by atoms with E-state index in [-0.39, 0.29) is 36.0 Å². The summed E-state index contributed by atoms with van der Waals surface area (Å²) in [5, 5.41) is 3.04. The molecule has 2 aromatic rings. The molecular weight excluding hydrogens is 584 g/mol. The summed E-state index contributed by atoms with van der Waals surface area (Å²) < 4.78 is 18.3. The summed E-state index contributed by atoms with van der Waals surface area (Å²) in [6.07, 6.45) is 11.4. The first-order chi connectivity index (χ1) is 22.2. The average Bonchev–Trinajstić information content (AvgIpc) is 3.57. The Bertz CT molecular complexity index is 1440. The number of benzene rings is 1. The van der Waals surface area contributed by atoms with E-state index in [2.05, 4.69) is 12.2 Å². The number of aromatic nitrogens is 2. The van der Waals surface area contributed by atoms with Gasteiger partial charge in [-0.15, -0.1) is 0 Å². The molecule has 1 aromatic carbocycles. The van der Waals surface area contributed by atoms with E-state index in [0.29, 0.717) is 23.6 Å². The second-order valence-corrected chi connectivity index (χ2v) is 14.3. The van der Waals surface area contributed by atoms with E-state index in [4.69, 9.17) is 24.2 Å². The Balaban J connectivity index is 1.37. The maximum Gasteiger partial charge on any atom is 0.408 e. The quantitative estimate of drug-likeness (QED) is 0.426. The van der Waals surface area contributed by atoms with Gasteiger partial charge in [0.15, 0.2) is 5.78 Å². The number of fused-ring (bicyclic) bond motifs is 5. The van der Waals surface area contributed by atoms with Gasteiger partial charge in [-0.3, -0.25) is 9.59 Å². The Kier molecular flexibility index (Phi) is 9.71. The molecule has 1 aromatic heterocycles. The van der Waals surface area contributed by atoms with Gasteiger partial charge in [0.2, 0.25) is 11.8 Å². The van der Waals surface area contributed by atoms with Gasteiger partial charge < -0.3 is 24.4 Å². The predicted octanol–water partition coefficient (Wildman–Crippen LogP) is 6.17. The van der Waals surface area contributed by atoms with Crippen molar-refractivity contribution >= 4 is 28.8 Å². The van der Waals surface area contributed by atoms with Gasteiger partial charge >= 0.3 is 6.09 Å². The zero-order valence-electron chi connectivity index (χ0n) is 27.9. The van der Waals surface area contributed by atoms with Crippen molar-refractivity contribution in [1.82, 2.24) is 20.2 Å². The highest BCUT2D eigenvalue weighted by Gasteiger charge is 2.49. The summed E-state index contributed by atoms with van der Waals surface area (Å²) in [7, 11) is 1.62. The highest BCUT2D eigenvalue weighted by molar-refractivity contribution is 5.92. The molecule has 2 amide bonds. The summed E-state index contributed by atoms with van der Waals surface area (Å²) in [4.78, 5) is 52.8. The number of alkyl carbamates (subject to hydrolysis) is 1. The van der Waals surface area contributed by atoms with Crippen molar-refractivity contribution in [3.8, 4) is 11.6 Å². The number of Topliss-reactive ketones (excluding diaryl/α,β-unsaturated/α-hetero) is 1. The Morgan fingerprint density at radius 2 is 1.74 bits per heavy atom. The van der Waals surface area contributed by atoms with Crippen LogP contribution >= 0.6 is 0 Å². The number of nitrogens with zero attached hydrogens (tertiary/aromatic N) is 3. The van der Waals surface area contributed by atoms with E-state index >= 15 is 0 Å². The van der Waals surface area contributed by atoms with E-state index in [9.17, 15) is 14.4 Å². The van der Waals surface area contributed by atoms with E-state index in [0.717, 1.165) is 88.3 Å². The third-order valence-electron chi connectivity index (χ3n) is 11.2. The minimum absolute atomic E-state index is 0.0117. The number of nitrogens with one attached hydrogen (secondary N) is 1. The predicted molar refractivity (Wildman–Crippen MR) is 174 cm³/mol. The molecule has 3 fully saturated rings. The van der Waals surface area contributed by atoms with E-state index in [1.165, 1.54) is 6.92 Å². The molecule has 4 aliphatic rings. The maximum absolute atomic E-state index is 14.5. The van der Waals surface area contributed by atoms with Crippen LogP contribution in [-0.4, -0.2) is 70.1 Å². The molecule has 1 saturated heterocycles. The molecule has 6 atom stereocenters. The lowest BCUT2D eigenvalue weighted by Crippen LogP contribution is -2.56. The van der Waals surface area contributed by atoms with Gasteiger partial charge in [-0.25, -0.2) is 14.8 Å². The Labute approximate surface area is 272 Å². The largest absolute Gasteiger partial charge is 0.497 e. The normalized spacial score (nSPS) is 31.6. The number of rotatable bonds is 3. The van der Waals surface area contributed by atoms with Crippen LogP contribution < -0.4 is 14.8 Å². The Hall–Kier alpha value is -3.43. The smallest absolute Gasteiger partial charge is 0.408 e. The Morgan fingerprint density at radius 1 is 1.00 bits per heavy atom. The van der Waals surface area contributed by atoms with Crippen molar-refractivity contribution in [3.63, 3.8) is 0 Å². The lowest BCUT2D eigenvalue weighted by atomic mass is 9.83. The molecule has 0 spiro atoms. The first-order valence-electron chi connectivity index (χ1n) is 17.5. The summed E-state index contributed by atoms with van der Waals surface area (Å²) in [6.45, 7) is 5.77. The third kappa shape index (κ3) is 6.67.